The Morgan fingerprint density at radius 1 is 1.12 bits per heavy atom. The zero-order valence-electron chi connectivity index (χ0n) is 10.4. The van der Waals surface area contributed by atoms with Crippen molar-refractivity contribution in [1.82, 2.24) is 4.90 Å². The smallest absolute Gasteiger partial charge is 0.395 e. The number of hydrogen-bond donors (Lipinski definition) is 2. The van der Waals surface area contributed by atoms with Crippen LogP contribution in [0.3, 0.4) is 0 Å². The fourth-order valence-corrected chi connectivity index (χ4v) is 2.38. The first kappa shape index (κ1) is 17.1. The summed E-state index contributed by atoms with van der Waals surface area (Å²) in [6.45, 7) is 3.07. The largest absolute Gasteiger partial charge is 0.401 e. The standard InChI is InChI=1S/C11H22F3NOS/c1-3-10(4-2,9-17)7-15(5-6-16)8-11(12,13)14/h16-17H,3-9H2,1-2H3. The van der Waals surface area contributed by atoms with Gasteiger partial charge in [0.25, 0.3) is 0 Å². The summed E-state index contributed by atoms with van der Waals surface area (Å²) in [5, 5.41) is 8.82. The van der Waals surface area contributed by atoms with Gasteiger partial charge in [-0.2, -0.15) is 25.8 Å². The summed E-state index contributed by atoms with van der Waals surface area (Å²) < 4.78 is 37.1. The van der Waals surface area contributed by atoms with E-state index in [1.807, 2.05) is 13.8 Å². The van der Waals surface area contributed by atoms with Crippen LogP contribution in [0.25, 0.3) is 0 Å². The van der Waals surface area contributed by atoms with Crippen molar-refractivity contribution in [2.45, 2.75) is 32.9 Å². The predicted octanol–water partition coefficient (Wildman–Crippen LogP) is 2.58. The van der Waals surface area contributed by atoms with Gasteiger partial charge in [0.2, 0.25) is 0 Å². The number of thiol groups is 1. The van der Waals surface area contributed by atoms with Gasteiger partial charge in [0, 0.05) is 13.1 Å². The van der Waals surface area contributed by atoms with Crippen LogP contribution in [-0.4, -0.2) is 48.2 Å². The molecule has 0 aromatic heterocycles. The third-order valence-corrected chi connectivity index (χ3v) is 3.88. The number of hydrogen-bond acceptors (Lipinski definition) is 3. The Balaban J connectivity index is 4.60. The molecule has 0 spiro atoms. The molecule has 0 aromatic rings. The number of nitrogens with zero attached hydrogens (tertiary/aromatic N) is 1. The molecule has 0 aliphatic carbocycles. The van der Waals surface area contributed by atoms with E-state index in [9.17, 15) is 13.2 Å². The van der Waals surface area contributed by atoms with Crippen LogP contribution in [0.1, 0.15) is 26.7 Å². The van der Waals surface area contributed by atoms with Gasteiger partial charge < -0.3 is 5.11 Å². The second-order valence-corrected chi connectivity index (χ2v) is 4.73. The lowest BCUT2D eigenvalue weighted by Crippen LogP contribution is -2.44. The molecule has 0 fully saturated rings. The fourth-order valence-electron chi connectivity index (χ4n) is 1.83. The van der Waals surface area contributed by atoms with Crippen LogP contribution < -0.4 is 0 Å². The van der Waals surface area contributed by atoms with E-state index in [1.165, 1.54) is 4.90 Å². The molecule has 0 saturated heterocycles. The number of alkyl halides is 3. The highest BCUT2D eigenvalue weighted by atomic mass is 32.1. The van der Waals surface area contributed by atoms with E-state index < -0.39 is 12.7 Å². The summed E-state index contributed by atoms with van der Waals surface area (Å²) in [6.07, 6.45) is -2.65. The second-order valence-electron chi connectivity index (χ2n) is 4.41. The number of aliphatic hydroxyl groups excluding tert-OH is 1. The van der Waals surface area contributed by atoms with E-state index in [0.717, 1.165) is 12.8 Å². The third-order valence-electron chi connectivity index (χ3n) is 3.21. The van der Waals surface area contributed by atoms with Gasteiger partial charge >= 0.3 is 6.18 Å². The summed E-state index contributed by atoms with van der Waals surface area (Å²) in [6, 6.07) is 0. The topological polar surface area (TPSA) is 23.5 Å². The minimum Gasteiger partial charge on any atom is -0.395 e. The average Bonchev–Trinajstić information content (AvgIpc) is 2.24. The molecule has 0 aromatic carbocycles. The summed E-state index contributed by atoms with van der Waals surface area (Å²) in [5.41, 5.74) is -0.205. The third kappa shape index (κ3) is 6.52. The molecule has 6 heteroatoms. The first-order valence-electron chi connectivity index (χ1n) is 5.83. The molecule has 1 N–H and O–H groups in total. The Morgan fingerprint density at radius 2 is 1.65 bits per heavy atom. The normalized spacial score (nSPS) is 13.4. The monoisotopic (exact) mass is 273 g/mol. The predicted molar refractivity (Wildman–Crippen MR) is 66.4 cm³/mol. The molecule has 0 bridgehead atoms. The molecule has 17 heavy (non-hydrogen) atoms. The molecule has 0 unspecified atom stereocenters. The van der Waals surface area contributed by atoms with Crippen LogP contribution in [0, 0.1) is 5.41 Å². The zero-order valence-corrected chi connectivity index (χ0v) is 11.3. The molecule has 0 saturated carbocycles. The highest BCUT2D eigenvalue weighted by Gasteiger charge is 2.34. The summed E-state index contributed by atoms with van der Waals surface area (Å²) in [7, 11) is 0. The number of halogens is 3. The lowest BCUT2D eigenvalue weighted by Gasteiger charge is -2.36. The van der Waals surface area contributed by atoms with Crippen molar-refractivity contribution in [3.8, 4) is 0 Å². The molecule has 2 nitrogen and oxygen atoms in total. The van der Waals surface area contributed by atoms with Gasteiger partial charge in [-0.15, -0.1) is 0 Å². The molecular weight excluding hydrogens is 251 g/mol. The summed E-state index contributed by atoms with van der Waals surface area (Å²) in [5.74, 6) is 0.555. The van der Waals surface area contributed by atoms with E-state index >= 15 is 0 Å². The van der Waals surface area contributed by atoms with Crippen molar-refractivity contribution in [3.63, 3.8) is 0 Å². The van der Waals surface area contributed by atoms with Gasteiger partial charge in [-0.3, -0.25) is 4.90 Å². The molecule has 0 rings (SSSR count). The Hall–Kier alpha value is 0.0600. The van der Waals surface area contributed by atoms with Crippen molar-refractivity contribution in [3.05, 3.63) is 0 Å². The van der Waals surface area contributed by atoms with Crippen LogP contribution >= 0.6 is 12.6 Å². The molecule has 0 amide bonds. The molecule has 0 radical (unpaired) electrons. The second kappa shape index (κ2) is 7.48. The molecule has 0 aliphatic rings. The maximum absolute atomic E-state index is 12.4. The van der Waals surface area contributed by atoms with E-state index in [-0.39, 0.29) is 18.6 Å². The number of aliphatic hydroxyl groups is 1. The molecule has 104 valence electrons. The SMILES string of the molecule is CCC(CC)(CS)CN(CCO)CC(F)(F)F. The molecular formula is C11H22F3NOS. The summed E-state index contributed by atoms with van der Waals surface area (Å²) in [4.78, 5) is 1.27. The summed E-state index contributed by atoms with van der Waals surface area (Å²) >= 11 is 4.25. The Bertz CT molecular complexity index is 199. The van der Waals surface area contributed by atoms with Gasteiger partial charge in [-0.1, -0.05) is 13.8 Å². The minimum absolute atomic E-state index is 0.0506. The van der Waals surface area contributed by atoms with Crippen LogP contribution in [0.2, 0.25) is 0 Å². The van der Waals surface area contributed by atoms with E-state index in [0.29, 0.717) is 12.3 Å². The lowest BCUT2D eigenvalue weighted by atomic mass is 9.84. The van der Waals surface area contributed by atoms with Crippen molar-refractivity contribution in [2.75, 3.05) is 32.0 Å². The van der Waals surface area contributed by atoms with Crippen molar-refractivity contribution in [1.29, 1.82) is 0 Å². The number of rotatable bonds is 8. The lowest BCUT2D eigenvalue weighted by molar-refractivity contribution is -0.149. The van der Waals surface area contributed by atoms with Crippen LogP contribution in [0.5, 0.6) is 0 Å². The van der Waals surface area contributed by atoms with Gasteiger partial charge in [0.1, 0.15) is 0 Å². The van der Waals surface area contributed by atoms with Gasteiger partial charge in [-0.25, -0.2) is 0 Å². The van der Waals surface area contributed by atoms with E-state index in [1.54, 1.807) is 0 Å². The Kier molecular flexibility index (Phi) is 7.51. The highest BCUT2D eigenvalue weighted by molar-refractivity contribution is 7.80. The Morgan fingerprint density at radius 3 is 1.94 bits per heavy atom. The van der Waals surface area contributed by atoms with Crippen LogP contribution in [-0.2, 0) is 0 Å². The van der Waals surface area contributed by atoms with Gasteiger partial charge in [-0.05, 0) is 24.0 Å². The van der Waals surface area contributed by atoms with Crippen LogP contribution in [0.4, 0.5) is 13.2 Å². The van der Waals surface area contributed by atoms with Crippen molar-refractivity contribution in [2.24, 2.45) is 5.41 Å². The first-order valence-corrected chi connectivity index (χ1v) is 6.46. The average molecular weight is 273 g/mol. The zero-order chi connectivity index (χ0) is 13.5. The molecule has 0 heterocycles. The minimum atomic E-state index is -4.22. The van der Waals surface area contributed by atoms with Crippen molar-refractivity contribution < 1.29 is 18.3 Å². The Labute approximate surface area is 107 Å². The van der Waals surface area contributed by atoms with Gasteiger partial charge in [0.15, 0.2) is 0 Å². The van der Waals surface area contributed by atoms with Gasteiger partial charge in [0.05, 0.1) is 13.2 Å². The quantitative estimate of drug-likeness (QED) is 0.664. The van der Waals surface area contributed by atoms with E-state index in [2.05, 4.69) is 12.6 Å². The van der Waals surface area contributed by atoms with E-state index in [4.69, 9.17) is 5.11 Å². The molecule has 0 atom stereocenters. The highest BCUT2D eigenvalue weighted by Crippen LogP contribution is 2.30. The molecule has 0 aliphatic heterocycles. The van der Waals surface area contributed by atoms with Crippen molar-refractivity contribution >= 4 is 12.6 Å². The maximum atomic E-state index is 12.4. The van der Waals surface area contributed by atoms with Crippen LogP contribution in [0.15, 0.2) is 0 Å². The fraction of sp³-hybridized carbons (Fsp3) is 1.00. The first-order chi connectivity index (χ1) is 7.82. The maximum Gasteiger partial charge on any atom is 0.401 e.